The Morgan fingerprint density at radius 2 is 1.79 bits per heavy atom. The molecule has 6 nitrogen and oxygen atoms in total. The van der Waals surface area contributed by atoms with Crippen LogP contribution in [0.5, 0.6) is 5.75 Å². The van der Waals surface area contributed by atoms with Crippen molar-refractivity contribution in [2.24, 2.45) is 0 Å². The summed E-state index contributed by atoms with van der Waals surface area (Å²) in [4.78, 5) is 27.3. The molecule has 1 atom stereocenters. The summed E-state index contributed by atoms with van der Waals surface area (Å²) in [6.07, 6.45) is 0.126. The second kappa shape index (κ2) is 9.37. The summed E-state index contributed by atoms with van der Waals surface area (Å²) in [6.45, 7) is 5.90. The Bertz CT molecular complexity index is 831. The number of carbonyl (C=O) groups is 2. The number of aryl methyl sites for hydroxylation is 1. The first-order valence-electron chi connectivity index (χ1n) is 9.61. The fraction of sp³-hybridized carbons (Fsp3) is 0.364. The highest BCUT2D eigenvalue weighted by Crippen LogP contribution is 2.22. The Labute approximate surface area is 165 Å². The van der Waals surface area contributed by atoms with Crippen LogP contribution >= 0.6 is 0 Å². The van der Waals surface area contributed by atoms with Crippen LogP contribution in [-0.2, 0) is 16.0 Å². The summed E-state index contributed by atoms with van der Waals surface area (Å²) >= 11 is 0. The molecule has 1 heterocycles. The molecule has 0 unspecified atom stereocenters. The summed E-state index contributed by atoms with van der Waals surface area (Å²) in [5.74, 6) is 0.294. The van der Waals surface area contributed by atoms with Crippen LogP contribution in [-0.4, -0.2) is 49.1 Å². The molecule has 1 fully saturated rings. The van der Waals surface area contributed by atoms with Crippen LogP contribution < -0.4 is 10.1 Å². The summed E-state index contributed by atoms with van der Waals surface area (Å²) in [6, 6.07) is 14.7. The first kappa shape index (κ1) is 19.9. The number of benzene rings is 2. The second-order valence-electron chi connectivity index (χ2n) is 6.66. The number of nitrogens with one attached hydrogen (secondary N) is 1. The molecule has 2 aromatic rings. The molecular weight excluding hydrogens is 356 g/mol. The molecular formula is C22H26N2O4. The third-order valence-corrected chi connectivity index (χ3v) is 4.74. The van der Waals surface area contributed by atoms with Crippen LogP contribution in [0.25, 0.3) is 0 Å². The van der Waals surface area contributed by atoms with Gasteiger partial charge >= 0.3 is 0 Å². The van der Waals surface area contributed by atoms with Gasteiger partial charge in [-0.2, -0.15) is 0 Å². The molecule has 1 N–H and O–H groups in total. The van der Waals surface area contributed by atoms with Gasteiger partial charge < -0.3 is 19.7 Å². The average Bonchev–Trinajstić information content (AvgIpc) is 2.74. The average molecular weight is 382 g/mol. The number of ether oxygens (including phenoxy) is 2. The predicted octanol–water partition coefficient (Wildman–Crippen LogP) is 3.13. The first-order valence-corrected chi connectivity index (χ1v) is 9.61. The third-order valence-electron chi connectivity index (χ3n) is 4.74. The Hall–Kier alpha value is -2.86. The van der Waals surface area contributed by atoms with Crippen LogP contribution in [0, 0.1) is 0 Å². The van der Waals surface area contributed by atoms with E-state index >= 15 is 0 Å². The minimum absolute atomic E-state index is 0.107. The monoisotopic (exact) mass is 382 g/mol. The van der Waals surface area contributed by atoms with E-state index in [2.05, 4.69) is 5.32 Å². The molecule has 1 aliphatic rings. The van der Waals surface area contributed by atoms with E-state index in [-0.39, 0.29) is 11.8 Å². The van der Waals surface area contributed by atoms with Crippen molar-refractivity contribution in [1.29, 1.82) is 0 Å². The molecule has 2 aromatic carbocycles. The van der Waals surface area contributed by atoms with Crippen molar-refractivity contribution in [2.45, 2.75) is 26.4 Å². The number of anilines is 1. The quantitative estimate of drug-likeness (QED) is 0.834. The number of hydrogen-bond acceptors (Lipinski definition) is 4. The van der Waals surface area contributed by atoms with E-state index in [1.807, 2.05) is 31.2 Å². The molecule has 3 rings (SSSR count). The van der Waals surface area contributed by atoms with Crippen LogP contribution in [0.2, 0.25) is 0 Å². The highest BCUT2D eigenvalue weighted by Gasteiger charge is 2.23. The molecule has 0 spiro atoms. The van der Waals surface area contributed by atoms with Crippen LogP contribution in [0.4, 0.5) is 5.69 Å². The maximum absolute atomic E-state index is 12.8. The van der Waals surface area contributed by atoms with E-state index in [0.29, 0.717) is 43.3 Å². The Kier molecular flexibility index (Phi) is 6.66. The zero-order chi connectivity index (χ0) is 19.9. The molecule has 1 saturated heterocycles. The molecule has 0 radical (unpaired) electrons. The van der Waals surface area contributed by atoms with Crippen molar-refractivity contribution in [3.8, 4) is 5.75 Å². The lowest BCUT2D eigenvalue weighted by Crippen LogP contribution is -2.41. The van der Waals surface area contributed by atoms with Crippen LogP contribution in [0.3, 0.4) is 0 Å². The lowest BCUT2D eigenvalue weighted by Gasteiger charge is -2.27. The largest absolute Gasteiger partial charge is 0.481 e. The first-order chi connectivity index (χ1) is 13.6. The zero-order valence-corrected chi connectivity index (χ0v) is 16.3. The van der Waals surface area contributed by atoms with E-state index in [1.54, 1.807) is 36.1 Å². The second-order valence-corrected chi connectivity index (χ2v) is 6.66. The maximum Gasteiger partial charge on any atom is 0.265 e. The van der Waals surface area contributed by atoms with E-state index in [0.717, 1.165) is 12.0 Å². The number of amides is 2. The normalized spacial score (nSPS) is 15.0. The highest BCUT2D eigenvalue weighted by molar-refractivity contribution is 6.04. The Balaban J connectivity index is 1.70. The third kappa shape index (κ3) is 4.70. The van der Waals surface area contributed by atoms with Gasteiger partial charge in [0.25, 0.3) is 11.8 Å². The molecule has 2 amide bonds. The number of morpholine rings is 1. The smallest absolute Gasteiger partial charge is 0.265 e. The van der Waals surface area contributed by atoms with Gasteiger partial charge in [0, 0.05) is 13.1 Å². The number of nitrogens with zero attached hydrogens (tertiary/aromatic N) is 1. The molecule has 0 aromatic heterocycles. The van der Waals surface area contributed by atoms with Crippen molar-refractivity contribution in [1.82, 2.24) is 4.90 Å². The van der Waals surface area contributed by atoms with Gasteiger partial charge in [0.05, 0.1) is 24.5 Å². The number of hydrogen-bond donors (Lipinski definition) is 1. The molecule has 0 saturated carbocycles. The maximum atomic E-state index is 12.8. The van der Waals surface area contributed by atoms with E-state index in [4.69, 9.17) is 9.47 Å². The van der Waals surface area contributed by atoms with Crippen molar-refractivity contribution >= 4 is 17.5 Å². The van der Waals surface area contributed by atoms with Crippen molar-refractivity contribution in [3.63, 3.8) is 0 Å². The summed E-state index contributed by atoms with van der Waals surface area (Å²) in [5.41, 5.74) is 2.01. The van der Waals surface area contributed by atoms with Crippen LogP contribution in [0.15, 0.2) is 48.5 Å². The Morgan fingerprint density at radius 3 is 2.54 bits per heavy atom. The zero-order valence-electron chi connectivity index (χ0n) is 16.3. The molecule has 148 valence electrons. The van der Waals surface area contributed by atoms with Gasteiger partial charge in [0.1, 0.15) is 5.75 Å². The molecule has 28 heavy (non-hydrogen) atoms. The van der Waals surface area contributed by atoms with Gasteiger partial charge in [-0.25, -0.2) is 0 Å². The van der Waals surface area contributed by atoms with Crippen molar-refractivity contribution in [3.05, 3.63) is 59.7 Å². The topological polar surface area (TPSA) is 67.9 Å². The SMILES string of the molecule is CCc1ccccc1O[C@@H](C)C(=O)Nc1ccccc1C(=O)N1CCOCC1. The predicted molar refractivity (Wildman–Crippen MR) is 108 cm³/mol. The van der Waals surface area contributed by atoms with Gasteiger partial charge in [-0.1, -0.05) is 37.3 Å². The van der Waals surface area contributed by atoms with E-state index in [1.165, 1.54) is 0 Å². The van der Waals surface area contributed by atoms with Gasteiger partial charge in [0.15, 0.2) is 6.10 Å². The van der Waals surface area contributed by atoms with Gasteiger partial charge in [-0.15, -0.1) is 0 Å². The summed E-state index contributed by atoms with van der Waals surface area (Å²) < 4.78 is 11.2. The fourth-order valence-electron chi connectivity index (χ4n) is 3.10. The minimum Gasteiger partial charge on any atom is -0.481 e. The minimum atomic E-state index is -0.695. The van der Waals surface area contributed by atoms with Crippen molar-refractivity contribution in [2.75, 3.05) is 31.6 Å². The van der Waals surface area contributed by atoms with E-state index < -0.39 is 6.10 Å². The molecule has 6 heteroatoms. The number of para-hydroxylation sites is 2. The number of rotatable bonds is 6. The summed E-state index contributed by atoms with van der Waals surface area (Å²) in [5, 5.41) is 2.85. The van der Waals surface area contributed by atoms with Gasteiger partial charge in [0.2, 0.25) is 0 Å². The van der Waals surface area contributed by atoms with Crippen molar-refractivity contribution < 1.29 is 19.1 Å². The molecule has 0 aliphatic carbocycles. The highest BCUT2D eigenvalue weighted by atomic mass is 16.5. The summed E-state index contributed by atoms with van der Waals surface area (Å²) in [7, 11) is 0. The van der Waals surface area contributed by atoms with Gasteiger partial charge in [-0.05, 0) is 37.1 Å². The van der Waals surface area contributed by atoms with Crippen LogP contribution in [0.1, 0.15) is 29.8 Å². The lowest BCUT2D eigenvalue weighted by molar-refractivity contribution is -0.122. The number of carbonyl (C=O) groups excluding carboxylic acids is 2. The molecule has 1 aliphatic heterocycles. The Morgan fingerprint density at radius 1 is 1.11 bits per heavy atom. The molecule has 0 bridgehead atoms. The lowest BCUT2D eigenvalue weighted by atomic mass is 10.1. The fourth-order valence-corrected chi connectivity index (χ4v) is 3.10. The van der Waals surface area contributed by atoms with Gasteiger partial charge in [-0.3, -0.25) is 9.59 Å². The van der Waals surface area contributed by atoms with E-state index in [9.17, 15) is 9.59 Å². The standard InChI is InChI=1S/C22H26N2O4/c1-3-17-8-4-7-11-20(17)28-16(2)21(25)23-19-10-6-5-9-18(19)22(26)24-12-14-27-15-13-24/h4-11,16H,3,12-15H2,1-2H3,(H,23,25)/t16-/m0/s1.